The molecule has 0 radical (unpaired) electrons. The average molecular weight is 462 g/mol. The van der Waals surface area contributed by atoms with Crippen molar-refractivity contribution in [1.29, 1.82) is 0 Å². The van der Waals surface area contributed by atoms with E-state index in [0.717, 1.165) is 37.6 Å². The Kier molecular flexibility index (Phi) is 8.30. The van der Waals surface area contributed by atoms with Gasteiger partial charge in [-0.05, 0) is 50.1 Å². The van der Waals surface area contributed by atoms with Crippen molar-refractivity contribution in [2.75, 3.05) is 32.7 Å². The minimum Gasteiger partial charge on any atom is -0.357 e. The highest BCUT2D eigenvalue weighted by Crippen LogP contribution is 2.31. The van der Waals surface area contributed by atoms with Gasteiger partial charge in [-0.25, -0.2) is 0 Å². The van der Waals surface area contributed by atoms with Gasteiger partial charge in [-0.2, -0.15) is 0 Å². The third-order valence-electron chi connectivity index (χ3n) is 4.84. The predicted octanol–water partition coefficient (Wildman–Crippen LogP) is 3.51. The van der Waals surface area contributed by atoms with Gasteiger partial charge in [-0.3, -0.25) is 4.99 Å². The minimum absolute atomic E-state index is 0. The Morgan fingerprint density at radius 2 is 2.21 bits per heavy atom. The van der Waals surface area contributed by atoms with E-state index >= 15 is 0 Å². The van der Waals surface area contributed by atoms with E-state index in [0.29, 0.717) is 5.92 Å². The number of nitrogens with zero attached hydrogens (tertiary/aromatic N) is 2. The van der Waals surface area contributed by atoms with Gasteiger partial charge >= 0.3 is 0 Å². The molecule has 3 rings (SSSR count). The van der Waals surface area contributed by atoms with Crippen molar-refractivity contribution in [3.8, 4) is 0 Å². The van der Waals surface area contributed by atoms with E-state index in [1.165, 1.54) is 37.2 Å². The lowest BCUT2D eigenvalue weighted by Crippen LogP contribution is -2.40. The van der Waals surface area contributed by atoms with Gasteiger partial charge in [0.05, 0.1) is 6.54 Å². The predicted molar refractivity (Wildman–Crippen MR) is 115 cm³/mol. The van der Waals surface area contributed by atoms with Crippen LogP contribution >= 0.6 is 35.3 Å². The Morgan fingerprint density at radius 3 is 2.88 bits per heavy atom. The quantitative estimate of drug-likeness (QED) is 0.370. The highest BCUT2D eigenvalue weighted by Gasteiger charge is 2.34. The van der Waals surface area contributed by atoms with Crippen LogP contribution in [0.3, 0.4) is 0 Å². The SMILES string of the molecule is CCNC(=NCC(C)c1cccs1)NCC1CCN(C2CC2)C1.I. The van der Waals surface area contributed by atoms with Gasteiger partial charge < -0.3 is 15.5 Å². The van der Waals surface area contributed by atoms with Crippen molar-refractivity contribution in [2.24, 2.45) is 10.9 Å². The number of aliphatic imine (C=N–C) groups is 1. The van der Waals surface area contributed by atoms with Crippen LogP contribution in [-0.2, 0) is 0 Å². The molecule has 136 valence electrons. The van der Waals surface area contributed by atoms with Crippen LogP contribution in [-0.4, -0.2) is 49.6 Å². The van der Waals surface area contributed by atoms with E-state index in [1.807, 2.05) is 11.3 Å². The van der Waals surface area contributed by atoms with Crippen LogP contribution in [0.25, 0.3) is 0 Å². The lowest BCUT2D eigenvalue weighted by molar-refractivity contribution is 0.314. The molecule has 2 heterocycles. The monoisotopic (exact) mass is 462 g/mol. The number of thiophene rings is 1. The Labute approximate surface area is 167 Å². The number of nitrogens with one attached hydrogen (secondary N) is 2. The molecule has 1 saturated heterocycles. The van der Waals surface area contributed by atoms with Gasteiger partial charge in [-0.1, -0.05) is 13.0 Å². The number of guanidine groups is 1. The van der Waals surface area contributed by atoms with E-state index in [9.17, 15) is 0 Å². The topological polar surface area (TPSA) is 39.7 Å². The summed E-state index contributed by atoms with van der Waals surface area (Å²) in [6.07, 6.45) is 4.17. The first-order valence-electron chi connectivity index (χ1n) is 9.06. The second kappa shape index (κ2) is 9.97. The number of hydrogen-bond donors (Lipinski definition) is 2. The smallest absolute Gasteiger partial charge is 0.191 e. The molecule has 2 atom stereocenters. The molecule has 2 unspecified atom stereocenters. The summed E-state index contributed by atoms with van der Waals surface area (Å²) in [7, 11) is 0. The van der Waals surface area contributed by atoms with Gasteiger partial charge in [0.15, 0.2) is 5.96 Å². The zero-order chi connectivity index (χ0) is 16.1. The lowest BCUT2D eigenvalue weighted by atomic mass is 10.1. The van der Waals surface area contributed by atoms with Crippen molar-refractivity contribution in [2.45, 2.75) is 45.1 Å². The van der Waals surface area contributed by atoms with Crippen LogP contribution in [0.15, 0.2) is 22.5 Å². The van der Waals surface area contributed by atoms with E-state index in [-0.39, 0.29) is 24.0 Å². The van der Waals surface area contributed by atoms with Gasteiger partial charge in [0.1, 0.15) is 0 Å². The molecule has 0 amide bonds. The molecule has 4 nitrogen and oxygen atoms in total. The Morgan fingerprint density at radius 1 is 1.38 bits per heavy atom. The van der Waals surface area contributed by atoms with Crippen LogP contribution < -0.4 is 10.6 Å². The maximum atomic E-state index is 4.78. The Bertz CT molecular complexity index is 501. The summed E-state index contributed by atoms with van der Waals surface area (Å²) >= 11 is 1.82. The van der Waals surface area contributed by atoms with Gasteiger partial charge in [0, 0.05) is 36.5 Å². The van der Waals surface area contributed by atoms with Crippen molar-refractivity contribution in [1.82, 2.24) is 15.5 Å². The molecule has 6 heteroatoms. The van der Waals surface area contributed by atoms with Crippen LogP contribution in [0.4, 0.5) is 0 Å². The maximum absolute atomic E-state index is 4.78. The first kappa shape index (κ1) is 20.0. The highest BCUT2D eigenvalue weighted by atomic mass is 127. The van der Waals surface area contributed by atoms with Gasteiger partial charge in [-0.15, -0.1) is 35.3 Å². The standard InChI is InChI=1S/C18H30N4S.HI/c1-3-19-18(20-11-14(2)17-5-4-10-23-17)21-12-15-8-9-22(13-15)16-6-7-16;/h4-5,10,14-16H,3,6-9,11-13H2,1-2H3,(H2,19,20,21);1H. The van der Waals surface area contributed by atoms with E-state index in [4.69, 9.17) is 4.99 Å². The van der Waals surface area contributed by atoms with Crippen molar-refractivity contribution in [3.63, 3.8) is 0 Å². The fourth-order valence-electron chi connectivity index (χ4n) is 3.27. The number of hydrogen-bond acceptors (Lipinski definition) is 3. The first-order chi connectivity index (χ1) is 11.3. The summed E-state index contributed by atoms with van der Waals surface area (Å²) in [6, 6.07) is 5.24. The summed E-state index contributed by atoms with van der Waals surface area (Å²) < 4.78 is 0. The second-order valence-corrected chi connectivity index (χ2v) is 7.88. The number of rotatable bonds is 7. The van der Waals surface area contributed by atoms with Crippen LogP contribution in [0, 0.1) is 5.92 Å². The molecule has 1 saturated carbocycles. The molecule has 1 aliphatic heterocycles. The molecule has 2 fully saturated rings. The maximum Gasteiger partial charge on any atom is 0.191 e. The lowest BCUT2D eigenvalue weighted by Gasteiger charge is -2.17. The van der Waals surface area contributed by atoms with Crippen LogP contribution in [0.5, 0.6) is 0 Å². The minimum atomic E-state index is 0. The zero-order valence-electron chi connectivity index (χ0n) is 14.8. The number of halogens is 1. The molecule has 1 aliphatic carbocycles. The van der Waals surface area contributed by atoms with Crippen molar-refractivity contribution < 1.29 is 0 Å². The Hall–Kier alpha value is -0.340. The molecule has 1 aromatic rings. The largest absolute Gasteiger partial charge is 0.357 e. The van der Waals surface area contributed by atoms with E-state index < -0.39 is 0 Å². The van der Waals surface area contributed by atoms with E-state index in [1.54, 1.807) is 0 Å². The van der Waals surface area contributed by atoms with Crippen molar-refractivity contribution in [3.05, 3.63) is 22.4 Å². The molecule has 0 bridgehead atoms. The summed E-state index contributed by atoms with van der Waals surface area (Å²) in [6.45, 7) is 9.74. The van der Waals surface area contributed by atoms with E-state index in [2.05, 4.69) is 46.9 Å². The fourth-order valence-corrected chi connectivity index (χ4v) is 4.05. The summed E-state index contributed by atoms with van der Waals surface area (Å²) in [5.74, 6) is 2.23. The normalized spacial score (nSPS) is 22.9. The average Bonchev–Trinajstić information content (AvgIpc) is 3.07. The zero-order valence-corrected chi connectivity index (χ0v) is 18.0. The number of likely N-dealkylation sites (tertiary alicyclic amines) is 1. The molecule has 2 aliphatic rings. The van der Waals surface area contributed by atoms with Crippen molar-refractivity contribution >= 4 is 41.3 Å². The summed E-state index contributed by atoms with van der Waals surface area (Å²) in [5, 5.41) is 9.08. The molecular weight excluding hydrogens is 431 g/mol. The summed E-state index contributed by atoms with van der Waals surface area (Å²) in [5.41, 5.74) is 0. The molecular formula is C18H31IN4S. The second-order valence-electron chi connectivity index (χ2n) is 6.90. The molecule has 24 heavy (non-hydrogen) atoms. The molecule has 2 N–H and O–H groups in total. The molecule has 0 spiro atoms. The van der Waals surface area contributed by atoms with Gasteiger partial charge in [0.2, 0.25) is 0 Å². The molecule has 0 aromatic carbocycles. The fraction of sp³-hybridized carbons (Fsp3) is 0.722. The van der Waals surface area contributed by atoms with Crippen LogP contribution in [0.2, 0.25) is 0 Å². The molecule has 1 aromatic heterocycles. The van der Waals surface area contributed by atoms with Crippen LogP contribution in [0.1, 0.15) is 43.9 Å². The first-order valence-corrected chi connectivity index (χ1v) is 9.94. The third kappa shape index (κ3) is 5.88. The van der Waals surface area contributed by atoms with Gasteiger partial charge in [0.25, 0.3) is 0 Å². The highest BCUT2D eigenvalue weighted by molar-refractivity contribution is 14.0. The summed E-state index contributed by atoms with van der Waals surface area (Å²) in [4.78, 5) is 8.88. The third-order valence-corrected chi connectivity index (χ3v) is 5.94. The Balaban J connectivity index is 0.00000208.